The lowest BCUT2D eigenvalue weighted by Gasteiger charge is -2.05. The number of fused-ring (bicyclic) bond motifs is 3. The molecule has 5 nitrogen and oxygen atoms in total. The number of para-hydroxylation sites is 1. The molecule has 2 aromatic heterocycles. The number of hydrogen-bond acceptors (Lipinski definition) is 6. The first-order valence-corrected chi connectivity index (χ1v) is 9.15. The molecule has 0 aliphatic carbocycles. The second-order valence-electron chi connectivity index (χ2n) is 5.52. The van der Waals surface area contributed by atoms with Crippen molar-refractivity contribution in [3.8, 4) is 5.75 Å². The normalized spacial score (nSPS) is 11.2. The molecule has 0 amide bonds. The third-order valence-corrected chi connectivity index (χ3v) is 5.21. The zero-order valence-electron chi connectivity index (χ0n) is 13.7. The van der Waals surface area contributed by atoms with Crippen molar-refractivity contribution in [2.24, 2.45) is 0 Å². The number of hydrogen-bond donors (Lipinski definition) is 0. The number of thioether (sulfide) groups is 1. The molecular formula is C19H13ClN2O3S. The van der Waals surface area contributed by atoms with Gasteiger partial charge in [-0.25, -0.2) is 9.97 Å². The Bertz CT molecular complexity index is 1130. The van der Waals surface area contributed by atoms with Crippen molar-refractivity contribution in [2.75, 3.05) is 12.9 Å². The molecule has 0 saturated carbocycles. The Hall–Kier alpha value is -2.57. The lowest BCUT2D eigenvalue weighted by Crippen LogP contribution is -2.03. The largest absolute Gasteiger partial charge is 0.495 e. The van der Waals surface area contributed by atoms with Gasteiger partial charge in [-0.3, -0.25) is 4.79 Å². The maximum Gasteiger partial charge on any atom is 0.186 e. The predicted octanol–water partition coefficient (Wildman–Crippen LogP) is 5.01. The number of carbonyl (C=O) groups excluding carboxylic acids is 1. The smallest absolute Gasteiger partial charge is 0.186 e. The van der Waals surface area contributed by atoms with Gasteiger partial charge in [-0.15, -0.1) is 0 Å². The summed E-state index contributed by atoms with van der Waals surface area (Å²) in [7, 11) is 1.53. The van der Waals surface area contributed by atoms with Gasteiger partial charge in [0.25, 0.3) is 0 Å². The molecule has 7 heteroatoms. The van der Waals surface area contributed by atoms with E-state index in [0.717, 1.165) is 16.5 Å². The fourth-order valence-electron chi connectivity index (χ4n) is 2.66. The van der Waals surface area contributed by atoms with Gasteiger partial charge in [0.15, 0.2) is 11.4 Å². The average Bonchev–Trinajstić information content (AvgIpc) is 3.05. The van der Waals surface area contributed by atoms with Gasteiger partial charge < -0.3 is 9.15 Å². The topological polar surface area (TPSA) is 65.2 Å². The molecule has 0 spiro atoms. The van der Waals surface area contributed by atoms with E-state index in [9.17, 15) is 4.79 Å². The molecule has 0 N–H and O–H groups in total. The molecule has 2 aromatic carbocycles. The first-order chi connectivity index (χ1) is 12.7. The van der Waals surface area contributed by atoms with Crippen LogP contribution < -0.4 is 4.74 Å². The summed E-state index contributed by atoms with van der Waals surface area (Å²) in [6, 6.07) is 12.7. The summed E-state index contributed by atoms with van der Waals surface area (Å²) in [5.74, 6) is 0.698. The lowest BCUT2D eigenvalue weighted by atomic mass is 10.1. The van der Waals surface area contributed by atoms with Gasteiger partial charge in [0.1, 0.15) is 28.2 Å². The van der Waals surface area contributed by atoms with Gasteiger partial charge >= 0.3 is 0 Å². The Kier molecular flexibility index (Phi) is 4.53. The number of Topliss-reactive ketones (excluding diaryl/α,β-unsaturated/α-hetero) is 1. The van der Waals surface area contributed by atoms with E-state index in [2.05, 4.69) is 9.97 Å². The highest BCUT2D eigenvalue weighted by Crippen LogP contribution is 2.33. The molecule has 130 valence electrons. The predicted molar refractivity (Wildman–Crippen MR) is 102 cm³/mol. The number of halogens is 1. The Morgan fingerprint density at radius 2 is 2.08 bits per heavy atom. The third-order valence-electron chi connectivity index (χ3n) is 3.94. The second kappa shape index (κ2) is 6.97. The number of benzene rings is 2. The SMILES string of the molecule is COc1ccc(C(=O)CSc2ncnc3c2oc2ccccc23)cc1Cl. The number of carbonyl (C=O) groups is 1. The van der Waals surface area contributed by atoms with Gasteiger partial charge in [-0.1, -0.05) is 35.5 Å². The highest BCUT2D eigenvalue weighted by molar-refractivity contribution is 8.00. The molecule has 4 rings (SSSR count). The van der Waals surface area contributed by atoms with Gasteiger partial charge in [0.2, 0.25) is 0 Å². The van der Waals surface area contributed by atoms with E-state index in [1.54, 1.807) is 18.2 Å². The standard InChI is InChI=1S/C19H13ClN2O3S/c1-24-16-7-6-11(8-13(16)20)14(23)9-26-19-18-17(21-10-22-19)12-4-2-3-5-15(12)25-18/h2-8,10H,9H2,1H3. The lowest BCUT2D eigenvalue weighted by molar-refractivity contribution is 0.102. The maximum atomic E-state index is 12.5. The van der Waals surface area contributed by atoms with Gasteiger partial charge in [-0.2, -0.15) is 0 Å². The number of furan rings is 1. The van der Waals surface area contributed by atoms with Crippen LogP contribution >= 0.6 is 23.4 Å². The first-order valence-electron chi connectivity index (χ1n) is 7.79. The summed E-state index contributed by atoms with van der Waals surface area (Å²) in [6.45, 7) is 0. The number of aromatic nitrogens is 2. The zero-order valence-corrected chi connectivity index (χ0v) is 15.3. The fourth-order valence-corrected chi connectivity index (χ4v) is 3.75. The molecule has 0 atom stereocenters. The van der Waals surface area contributed by atoms with Crippen LogP contribution in [0.1, 0.15) is 10.4 Å². The minimum absolute atomic E-state index is 0.0533. The van der Waals surface area contributed by atoms with Crippen molar-refractivity contribution < 1.29 is 13.9 Å². The van der Waals surface area contributed by atoms with E-state index in [-0.39, 0.29) is 11.5 Å². The molecule has 0 radical (unpaired) electrons. The maximum absolute atomic E-state index is 12.5. The van der Waals surface area contributed by atoms with Crippen molar-refractivity contribution in [3.63, 3.8) is 0 Å². The van der Waals surface area contributed by atoms with Gasteiger partial charge in [0, 0.05) is 10.9 Å². The van der Waals surface area contributed by atoms with Crippen molar-refractivity contribution in [2.45, 2.75) is 5.03 Å². The van der Waals surface area contributed by atoms with Gasteiger partial charge in [-0.05, 0) is 30.3 Å². The van der Waals surface area contributed by atoms with Crippen LogP contribution in [0.3, 0.4) is 0 Å². The molecular weight excluding hydrogens is 372 g/mol. The van der Waals surface area contributed by atoms with Crippen LogP contribution in [0.5, 0.6) is 5.75 Å². The van der Waals surface area contributed by atoms with E-state index < -0.39 is 0 Å². The van der Waals surface area contributed by atoms with Crippen molar-refractivity contribution in [3.05, 3.63) is 59.4 Å². The third kappa shape index (κ3) is 3.02. The Labute approximate surface area is 158 Å². The van der Waals surface area contributed by atoms with E-state index in [4.69, 9.17) is 20.8 Å². The quantitative estimate of drug-likeness (QED) is 0.273. The summed E-state index contributed by atoms with van der Waals surface area (Å²) >= 11 is 7.41. The van der Waals surface area contributed by atoms with E-state index in [0.29, 0.717) is 26.9 Å². The van der Waals surface area contributed by atoms with Crippen LogP contribution in [-0.4, -0.2) is 28.6 Å². The zero-order chi connectivity index (χ0) is 18.1. The van der Waals surface area contributed by atoms with Crippen LogP contribution in [0, 0.1) is 0 Å². The summed E-state index contributed by atoms with van der Waals surface area (Å²) < 4.78 is 11.0. The van der Waals surface area contributed by atoms with Crippen LogP contribution in [0.15, 0.2) is 58.2 Å². The molecule has 0 unspecified atom stereocenters. The number of methoxy groups -OCH3 is 1. The molecule has 0 aliphatic rings. The number of rotatable bonds is 5. The average molecular weight is 385 g/mol. The van der Waals surface area contributed by atoms with E-state index in [1.807, 2.05) is 24.3 Å². The minimum Gasteiger partial charge on any atom is -0.495 e. The number of nitrogens with zero attached hydrogens (tertiary/aromatic N) is 2. The van der Waals surface area contributed by atoms with Crippen molar-refractivity contribution in [1.29, 1.82) is 0 Å². The van der Waals surface area contributed by atoms with Crippen LogP contribution in [0.4, 0.5) is 0 Å². The number of ether oxygens (including phenoxy) is 1. The first kappa shape index (κ1) is 16.9. The molecule has 0 fully saturated rings. The Morgan fingerprint density at radius 1 is 1.23 bits per heavy atom. The van der Waals surface area contributed by atoms with Crippen LogP contribution in [-0.2, 0) is 0 Å². The monoisotopic (exact) mass is 384 g/mol. The molecule has 0 bridgehead atoms. The Morgan fingerprint density at radius 3 is 2.88 bits per heavy atom. The van der Waals surface area contributed by atoms with Crippen LogP contribution in [0.2, 0.25) is 5.02 Å². The van der Waals surface area contributed by atoms with Gasteiger partial charge in [0.05, 0.1) is 17.9 Å². The second-order valence-corrected chi connectivity index (χ2v) is 6.89. The highest BCUT2D eigenvalue weighted by Gasteiger charge is 2.15. The summed E-state index contributed by atoms with van der Waals surface area (Å²) in [4.78, 5) is 21.1. The van der Waals surface area contributed by atoms with Crippen molar-refractivity contribution in [1.82, 2.24) is 9.97 Å². The fraction of sp³-hybridized carbons (Fsp3) is 0.105. The van der Waals surface area contributed by atoms with E-state index in [1.165, 1.54) is 25.2 Å². The summed E-state index contributed by atoms with van der Waals surface area (Å²) in [5, 5.41) is 1.98. The minimum atomic E-state index is -0.0533. The molecule has 0 aliphatic heterocycles. The molecule has 26 heavy (non-hydrogen) atoms. The van der Waals surface area contributed by atoms with E-state index >= 15 is 0 Å². The molecule has 0 saturated heterocycles. The molecule has 4 aromatic rings. The Balaban J connectivity index is 1.60. The number of ketones is 1. The summed E-state index contributed by atoms with van der Waals surface area (Å²) in [5.41, 5.74) is 2.62. The summed E-state index contributed by atoms with van der Waals surface area (Å²) in [6.07, 6.45) is 1.49. The highest BCUT2D eigenvalue weighted by atomic mass is 35.5. The van der Waals surface area contributed by atoms with Crippen molar-refractivity contribution >= 4 is 51.2 Å². The molecule has 2 heterocycles. The van der Waals surface area contributed by atoms with Crippen LogP contribution in [0.25, 0.3) is 22.1 Å².